The predicted molar refractivity (Wildman–Crippen MR) is 345 cm³/mol. The number of carbonyl (C=O) groups excluding carboxylic acids is 4. The first-order chi connectivity index (χ1) is 41.6. The summed E-state index contributed by atoms with van der Waals surface area (Å²) in [6.45, 7) is 7.34. The molecule has 0 aliphatic heterocycles. The van der Waals surface area contributed by atoms with Gasteiger partial charge in [0.25, 0.3) is 0 Å². The Morgan fingerprint density at radius 2 is 0.955 bits per heavy atom. The maximum absolute atomic E-state index is 12.7. The van der Waals surface area contributed by atoms with Gasteiger partial charge in [0, 0.05) is 43.8 Å². The number of aliphatic hydroxyl groups excluding tert-OH is 2. The van der Waals surface area contributed by atoms with Crippen molar-refractivity contribution in [1.29, 1.82) is 0 Å². The number of aryl methyl sites for hydroxylation is 2. The molecule has 4 unspecified atom stereocenters. The van der Waals surface area contributed by atoms with Gasteiger partial charge >= 0.3 is 24.2 Å². The Balaban J connectivity index is 0.000000285. The van der Waals surface area contributed by atoms with E-state index < -0.39 is 48.3 Å². The molecule has 0 fully saturated rings. The van der Waals surface area contributed by atoms with Crippen LogP contribution >= 0.6 is 11.6 Å². The van der Waals surface area contributed by atoms with E-state index in [4.69, 9.17) is 40.0 Å². The maximum Gasteiger partial charge on any atom is 0.508 e. The number of nitrogens with zero attached hydrogens (tertiary/aromatic N) is 4. The number of likely N-dealkylation sites (N-methyl/N-ethyl adjacent to an activating group) is 4. The van der Waals surface area contributed by atoms with Crippen molar-refractivity contribution in [3.63, 3.8) is 0 Å². The second-order valence-electron chi connectivity index (χ2n) is 25.4. The van der Waals surface area contributed by atoms with Crippen molar-refractivity contribution in [3.8, 4) is 0 Å². The van der Waals surface area contributed by atoms with E-state index in [1.807, 2.05) is 14.1 Å². The first-order valence-corrected chi connectivity index (χ1v) is 31.5. The third kappa shape index (κ3) is 21.1. The first-order valence-electron chi connectivity index (χ1n) is 30.9. The lowest BCUT2D eigenvalue weighted by Gasteiger charge is -2.34. The number of carbonyl (C=O) groups is 4. The van der Waals surface area contributed by atoms with Crippen LogP contribution in [0.15, 0.2) is 107 Å². The minimum atomic E-state index is -1.34. The molecule has 6 aliphatic rings. The van der Waals surface area contributed by atoms with Gasteiger partial charge < -0.3 is 70.2 Å². The Bertz CT molecular complexity index is 2930. The standard InChI is InChI=1S/C35H49N2O6.C29H33ClO6.C6H16N2.ClH/c1-35(24-38,33(39)41-23-9-20-37(4,5)21-19-36(2)3)25-43-34(40)42-22-7-6-10-26-13-14-29-16-15-27-11-8-12-28-17-18-30(26)32(29)31(27)28;1-29(18-31,27(32)34-17-5-15-30)19-36-28(33)35-16-3-2-6-20-9-10-23-12-11-21-7-4-8-22-13-14-24(20)26(23)25(21)22;1-7(2)5-6-8(3)4;/h8,11-15,17-18,31,38H,6-7,9-10,16,19-25H2,1-5H3;4,7-11,13-14,25,31H,2-3,5-6,12,15-19H2,1H3;5-6H2,1-4H3;1H/q+1;;;/p-1. The van der Waals surface area contributed by atoms with Crippen LogP contribution in [0.2, 0.25) is 0 Å². The molecule has 16 nitrogen and oxygen atoms in total. The number of hydrogen-bond acceptors (Lipinski definition) is 15. The van der Waals surface area contributed by atoms with E-state index in [2.05, 4.69) is 154 Å². The van der Waals surface area contributed by atoms with E-state index in [1.165, 1.54) is 80.6 Å². The van der Waals surface area contributed by atoms with Gasteiger partial charge in [-0.05, 0) is 181 Å². The molecule has 4 atom stereocenters. The summed E-state index contributed by atoms with van der Waals surface area (Å²) in [7, 11) is 16.7. The first kappa shape index (κ1) is 72.9. The molecular weight excluding hydrogens is 1160 g/mol. The Morgan fingerprint density at radius 3 is 1.36 bits per heavy atom. The average molecular weight is 1260 g/mol. The smallest absolute Gasteiger partial charge is 0.508 e. The van der Waals surface area contributed by atoms with Crippen molar-refractivity contribution in [2.45, 2.75) is 89.9 Å². The molecule has 0 amide bonds. The number of quaternary nitrogens is 1. The summed E-state index contributed by atoms with van der Waals surface area (Å²) < 4.78 is 32.0. The normalized spacial score (nSPS) is 17.4. The number of rotatable bonds is 31. The van der Waals surface area contributed by atoms with Crippen LogP contribution in [0.1, 0.15) is 109 Å². The number of alkyl halides is 1. The summed E-state index contributed by atoms with van der Waals surface area (Å²) in [4.78, 5) is 55.6. The largest absolute Gasteiger partial charge is 1.00 e. The van der Waals surface area contributed by atoms with Gasteiger partial charge in [-0.3, -0.25) is 9.59 Å². The molecule has 0 aromatic heterocycles. The highest BCUT2D eigenvalue weighted by molar-refractivity contribution is 6.17. The van der Waals surface area contributed by atoms with Gasteiger partial charge in [0.15, 0.2) is 0 Å². The van der Waals surface area contributed by atoms with Gasteiger partial charge in [-0.15, -0.1) is 11.6 Å². The summed E-state index contributed by atoms with van der Waals surface area (Å²) in [5.74, 6) is -0.165. The number of allylic oxidation sites excluding steroid dienone is 14. The van der Waals surface area contributed by atoms with Crippen LogP contribution in [0.25, 0.3) is 12.2 Å². The summed E-state index contributed by atoms with van der Waals surface area (Å²) >= 11 is 5.58. The number of unbranched alkanes of at least 4 members (excludes halogenated alkanes) is 2. The summed E-state index contributed by atoms with van der Waals surface area (Å²) in [6.07, 6.45) is 33.1. The van der Waals surface area contributed by atoms with Crippen molar-refractivity contribution in [1.82, 2.24) is 14.7 Å². The SMILES string of the molecule is CC(CO)(COC(=O)OCCCCc1ccc2c3c1C=CC1=CC=CC(=CC2)C13)C(=O)OCCCCl.CN(C)CCN(C)C.CN(C)CC[N+](C)(C)CCCOC(=O)C(C)(CO)COC(=O)OCCCCc1ccc2c3c1C=CC1=CC=CC(=CC2)C13.[Cl-]. The van der Waals surface area contributed by atoms with Crippen molar-refractivity contribution >= 4 is 48.0 Å². The molecule has 484 valence electrons. The zero-order valence-corrected chi connectivity index (χ0v) is 55.4. The number of aliphatic hydroxyl groups is 2. The van der Waals surface area contributed by atoms with E-state index in [0.29, 0.717) is 43.4 Å². The zero-order chi connectivity index (χ0) is 63.2. The van der Waals surface area contributed by atoms with Crippen LogP contribution in [0, 0.1) is 10.8 Å². The van der Waals surface area contributed by atoms with E-state index in [-0.39, 0.29) is 52.0 Å². The molecule has 88 heavy (non-hydrogen) atoms. The van der Waals surface area contributed by atoms with Gasteiger partial charge in [-0.25, -0.2) is 9.59 Å². The number of esters is 2. The van der Waals surface area contributed by atoms with Crippen LogP contribution in [0.4, 0.5) is 9.59 Å². The minimum Gasteiger partial charge on any atom is -1.00 e. The lowest BCUT2D eigenvalue weighted by atomic mass is 9.70. The highest BCUT2D eigenvalue weighted by Gasteiger charge is 2.38. The molecule has 0 heterocycles. The molecule has 0 saturated heterocycles. The fraction of sp³-hybridized carbons (Fsp3) is 0.543. The molecular formula is C70H98Cl2N4O12. The zero-order valence-electron chi connectivity index (χ0n) is 53.9. The van der Waals surface area contributed by atoms with Gasteiger partial charge in [0.2, 0.25) is 0 Å². The lowest BCUT2D eigenvalue weighted by Crippen LogP contribution is -3.00. The van der Waals surface area contributed by atoms with Gasteiger partial charge in [0.1, 0.15) is 24.0 Å². The van der Waals surface area contributed by atoms with Crippen molar-refractivity contribution < 1.29 is 74.7 Å². The minimum absolute atomic E-state index is 0. The summed E-state index contributed by atoms with van der Waals surface area (Å²) in [5.41, 5.74) is 13.8. The molecule has 0 bridgehead atoms. The topological polar surface area (TPSA) is 174 Å². The lowest BCUT2D eigenvalue weighted by molar-refractivity contribution is -0.890. The Labute approximate surface area is 535 Å². The summed E-state index contributed by atoms with van der Waals surface area (Å²) in [6, 6.07) is 8.98. The van der Waals surface area contributed by atoms with E-state index >= 15 is 0 Å². The molecule has 0 saturated carbocycles. The molecule has 6 aliphatic carbocycles. The number of ether oxygens (including phenoxy) is 6. The molecule has 2 N–H and O–H groups in total. The van der Waals surface area contributed by atoms with Crippen LogP contribution in [-0.4, -0.2) is 201 Å². The molecule has 0 spiro atoms. The Kier molecular flexibility index (Phi) is 29.5. The van der Waals surface area contributed by atoms with Crippen LogP contribution in [0.3, 0.4) is 0 Å². The summed E-state index contributed by atoms with van der Waals surface area (Å²) in [5, 5.41) is 19.4. The second kappa shape index (κ2) is 35.5. The highest BCUT2D eigenvalue weighted by atomic mass is 35.5. The van der Waals surface area contributed by atoms with E-state index in [1.54, 1.807) is 0 Å². The van der Waals surface area contributed by atoms with Gasteiger partial charge in [-0.1, -0.05) is 97.2 Å². The molecule has 8 rings (SSSR count). The van der Waals surface area contributed by atoms with Crippen molar-refractivity contribution in [2.75, 3.05) is 148 Å². The third-order valence-electron chi connectivity index (χ3n) is 16.6. The van der Waals surface area contributed by atoms with E-state index in [0.717, 1.165) is 75.7 Å². The quantitative estimate of drug-likeness (QED) is 0.0252. The van der Waals surface area contributed by atoms with Crippen molar-refractivity contribution in [3.05, 3.63) is 152 Å². The average Bonchev–Trinajstić information content (AvgIpc) is 0.775. The third-order valence-corrected chi connectivity index (χ3v) is 16.9. The fourth-order valence-corrected chi connectivity index (χ4v) is 11.1. The Morgan fingerprint density at radius 1 is 0.534 bits per heavy atom. The number of benzene rings is 2. The maximum atomic E-state index is 12.7. The molecule has 2 aromatic rings. The van der Waals surface area contributed by atoms with Crippen LogP contribution in [0.5, 0.6) is 0 Å². The number of hydrogen-bond donors (Lipinski definition) is 2. The predicted octanol–water partition coefficient (Wildman–Crippen LogP) is 7.36. The van der Waals surface area contributed by atoms with E-state index in [9.17, 15) is 29.4 Å². The molecule has 2 aromatic carbocycles. The van der Waals surface area contributed by atoms with Crippen molar-refractivity contribution in [2.24, 2.45) is 10.8 Å². The van der Waals surface area contributed by atoms with Crippen LogP contribution in [-0.2, 0) is 63.7 Å². The molecule has 18 heteroatoms. The molecule has 0 radical (unpaired) electrons. The van der Waals surface area contributed by atoms with Gasteiger partial charge in [0.05, 0.1) is 66.8 Å². The fourth-order valence-electron chi connectivity index (χ4n) is 11.0. The number of halogens is 2. The van der Waals surface area contributed by atoms with Crippen LogP contribution < -0.4 is 12.4 Å². The monoisotopic (exact) mass is 1260 g/mol. The highest BCUT2D eigenvalue weighted by Crippen LogP contribution is 2.48. The Hall–Kier alpha value is -5.82. The van der Waals surface area contributed by atoms with Gasteiger partial charge in [-0.2, -0.15) is 0 Å². The second-order valence-corrected chi connectivity index (χ2v) is 25.8.